The maximum atomic E-state index is 12.7. The molecule has 1 aliphatic rings. The zero-order valence-electron chi connectivity index (χ0n) is 17.4. The van der Waals surface area contributed by atoms with Gasteiger partial charge in [0, 0.05) is 12.5 Å². The number of nitrogens with zero attached hydrogens (tertiary/aromatic N) is 1. The van der Waals surface area contributed by atoms with Gasteiger partial charge in [0.05, 0.1) is 10.9 Å². The Morgan fingerprint density at radius 1 is 1.20 bits per heavy atom. The molecule has 0 saturated heterocycles. The molecule has 162 valence electrons. The Labute approximate surface area is 174 Å². The van der Waals surface area contributed by atoms with Gasteiger partial charge in [-0.1, -0.05) is 32.4 Å². The number of hydrogen-bond donors (Lipinski definition) is 3. The Hall–Kier alpha value is -2.90. The van der Waals surface area contributed by atoms with Gasteiger partial charge in [-0.2, -0.15) is 0 Å². The Morgan fingerprint density at radius 2 is 1.87 bits per heavy atom. The van der Waals surface area contributed by atoms with Crippen LogP contribution in [0.15, 0.2) is 33.9 Å². The van der Waals surface area contributed by atoms with E-state index in [0.717, 1.165) is 0 Å². The molecule has 2 aromatic rings. The van der Waals surface area contributed by atoms with E-state index < -0.39 is 17.7 Å². The van der Waals surface area contributed by atoms with Crippen molar-refractivity contribution in [2.24, 2.45) is 17.8 Å². The first-order valence-corrected chi connectivity index (χ1v) is 10.6. The predicted octanol–water partition coefficient (Wildman–Crippen LogP) is 2.11. The van der Waals surface area contributed by atoms with Crippen LogP contribution in [-0.2, 0) is 16.1 Å². The number of aliphatic carboxylic acids is 1. The van der Waals surface area contributed by atoms with Crippen molar-refractivity contribution in [1.82, 2.24) is 14.9 Å². The summed E-state index contributed by atoms with van der Waals surface area (Å²) in [7, 11) is 0. The third-order valence-electron chi connectivity index (χ3n) is 6.32. The standard InChI is InChI=1S/C22H29N3O5/c1-3-13(2)18(21(28)29)24-19(26)15-10-8-14(9-11-15)12-25-20(27)16-6-4-5-7-17(16)23-22(25)30/h4-7,13-15,18H,3,8-12H2,1-2H3,(H,23,30)(H,24,26)(H,28,29)/t13-,14?,15?,18-/m0/s1. The number of amides is 1. The van der Waals surface area contributed by atoms with E-state index in [1.165, 1.54) is 4.57 Å². The molecule has 8 heteroatoms. The molecule has 2 atom stereocenters. The van der Waals surface area contributed by atoms with E-state index in [1.54, 1.807) is 24.3 Å². The molecule has 1 fully saturated rings. The minimum Gasteiger partial charge on any atom is -0.480 e. The normalized spacial score (nSPS) is 21.1. The minimum atomic E-state index is -1.01. The molecule has 8 nitrogen and oxygen atoms in total. The number of carboxylic acid groups (broad SMARTS) is 1. The number of aromatic amines is 1. The maximum absolute atomic E-state index is 12.7. The molecular weight excluding hydrogens is 386 g/mol. The summed E-state index contributed by atoms with van der Waals surface area (Å²) in [5, 5.41) is 12.5. The predicted molar refractivity (Wildman–Crippen MR) is 113 cm³/mol. The lowest BCUT2D eigenvalue weighted by molar-refractivity contribution is -0.144. The summed E-state index contributed by atoms with van der Waals surface area (Å²) < 4.78 is 1.25. The molecular formula is C22H29N3O5. The number of carboxylic acids is 1. The zero-order valence-corrected chi connectivity index (χ0v) is 17.4. The van der Waals surface area contributed by atoms with Crippen LogP contribution in [0.5, 0.6) is 0 Å². The first kappa shape index (κ1) is 21.8. The average molecular weight is 415 g/mol. The highest BCUT2D eigenvalue weighted by molar-refractivity contribution is 5.85. The Morgan fingerprint density at radius 3 is 2.50 bits per heavy atom. The molecule has 30 heavy (non-hydrogen) atoms. The molecule has 0 radical (unpaired) electrons. The van der Waals surface area contributed by atoms with Crippen LogP contribution in [0, 0.1) is 17.8 Å². The van der Waals surface area contributed by atoms with Crippen molar-refractivity contribution in [3.8, 4) is 0 Å². The zero-order chi connectivity index (χ0) is 21.8. The number of carbonyl (C=O) groups excluding carboxylic acids is 1. The molecule has 1 amide bonds. The number of nitrogens with one attached hydrogen (secondary N) is 2. The molecule has 1 aliphatic carbocycles. The van der Waals surface area contributed by atoms with Crippen LogP contribution in [0.25, 0.3) is 10.9 Å². The Kier molecular flexibility index (Phi) is 6.74. The monoisotopic (exact) mass is 415 g/mol. The minimum absolute atomic E-state index is 0.124. The molecule has 1 aromatic heterocycles. The van der Waals surface area contributed by atoms with Crippen LogP contribution >= 0.6 is 0 Å². The highest BCUT2D eigenvalue weighted by atomic mass is 16.4. The van der Waals surface area contributed by atoms with E-state index in [-0.39, 0.29) is 29.2 Å². The van der Waals surface area contributed by atoms with Crippen molar-refractivity contribution in [2.45, 2.75) is 58.5 Å². The summed E-state index contributed by atoms with van der Waals surface area (Å²) in [4.78, 5) is 51.8. The molecule has 3 rings (SSSR count). The molecule has 0 unspecified atom stereocenters. The van der Waals surface area contributed by atoms with E-state index in [0.29, 0.717) is 49.6 Å². The van der Waals surface area contributed by atoms with Crippen molar-refractivity contribution in [2.75, 3.05) is 0 Å². The maximum Gasteiger partial charge on any atom is 0.328 e. The molecule has 1 heterocycles. The number of fused-ring (bicyclic) bond motifs is 1. The number of H-pyrrole nitrogens is 1. The third-order valence-corrected chi connectivity index (χ3v) is 6.32. The van der Waals surface area contributed by atoms with Crippen LogP contribution in [0.3, 0.4) is 0 Å². The third kappa shape index (κ3) is 4.63. The Balaban J connectivity index is 1.63. The number of carbonyl (C=O) groups is 2. The van der Waals surface area contributed by atoms with Crippen molar-refractivity contribution in [3.05, 3.63) is 45.1 Å². The second kappa shape index (κ2) is 9.28. The van der Waals surface area contributed by atoms with Gasteiger partial charge in [0.25, 0.3) is 5.56 Å². The van der Waals surface area contributed by atoms with Gasteiger partial charge in [-0.25, -0.2) is 9.59 Å². The van der Waals surface area contributed by atoms with Gasteiger partial charge >= 0.3 is 11.7 Å². The molecule has 0 bridgehead atoms. The fraction of sp³-hybridized carbons (Fsp3) is 0.545. The number of aromatic nitrogens is 2. The summed E-state index contributed by atoms with van der Waals surface area (Å²) >= 11 is 0. The summed E-state index contributed by atoms with van der Waals surface area (Å²) in [6.07, 6.45) is 3.31. The fourth-order valence-corrected chi connectivity index (χ4v) is 4.18. The number of benzene rings is 1. The van der Waals surface area contributed by atoms with Crippen molar-refractivity contribution < 1.29 is 14.7 Å². The number of hydrogen-bond acceptors (Lipinski definition) is 4. The molecule has 0 spiro atoms. The second-order valence-corrected chi connectivity index (χ2v) is 8.32. The second-order valence-electron chi connectivity index (χ2n) is 8.32. The van der Waals surface area contributed by atoms with Gasteiger partial charge < -0.3 is 15.4 Å². The van der Waals surface area contributed by atoms with Crippen molar-refractivity contribution in [1.29, 1.82) is 0 Å². The highest BCUT2D eigenvalue weighted by Crippen LogP contribution is 2.30. The van der Waals surface area contributed by atoms with Gasteiger partial charge in [0.15, 0.2) is 0 Å². The number of rotatable bonds is 7. The SMILES string of the molecule is CC[C@H](C)[C@H](NC(=O)C1CCC(Cn2c(=O)[nH]c3ccccc3c2=O)CC1)C(=O)O. The van der Waals surface area contributed by atoms with E-state index in [4.69, 9.17) is 0 Å². The van der Waals surface area contributed by atoms with Gasteiger partial charge in [-0.3, -0.25) is 14.2 Å². The molecule has 1 saturated carbocycles. The summed E-state index contributed by atoms with van der Waals surface area (Å²) in [5.41, 5.74) is -0.193. The number of para-hydroxylation sites is 1. The van der Waals surface area contributed by atoms with E-state index in [1.807, 2.05) is 13.8 Å². The van der Waals surface area contributed by atoms with Crippen molar-refractivity contribution in [3.63, 3.8) is 0 Å². The highest BCUT2D eigenvalue weighted by Gasteiger charge is 2.31. The molecule has 1 aromatic carbocycles. The van der Waals surface area contributed by atoms with E-state index in [9.17, 15) is 24.3 Å². The summed E-state index contributed by atoms with van der Waals surface area (Å²) in [6, 6.07) is 6.05. The van der Waals surface area contributed by atoms with Crippen LogP contribution in [0.1, 0.15) is 46.0 Å². The summed E-state index contributed by atoms with van der Waals surface area (Å²) in [5.74, 6) is -1.49. The quantitative estimate of drug-likeness (QED) is 0.639. The van der Waals surface area contributed by atoms with Gasteiger partial charge in [0.1, 0.15) is 6.04 Å². The Bertz CT molecular complexity index is 1030. The lowest BCUT2D eigenvalue weighted by atomic mass is 9.81. The fourth-order valence-electron chi connectivity index (χ4n) is 4.18. The van der Waals surface area contributed by atoms with Crippen molar-refractivity contribution >= 4 is 22.8 Å². The van der Waals surface area contributed by atoms with Crippen LogP contribution in [0.4, 0.5) is 0 Å². The summed E-state index contributed by atoms with van der Waals surface area (Å²) in [6.45, 7) is 4.03. The van der Waals surface area contributed by atoms with Gasteiger partial charge in [0.2, 0.25) is 5.91 Å². The lowest BCUT2D eigenvalue weighted by Gasteiger charge is -2.29. The lowest BCUT2D eigenvalue weighted by Crippen LogP contribution is -2.47. The van der Waals surface area contributed by atoms with Crippen LogP contribution < -0.4 is 16.6 Å². The van der Waals surface area contributed by atoms with Gasteiger partial charge in [-0.05, 0) is 49.7 Å². The van der Waals surface area contributed by atoms with E-state index >= 15 is 0 Å². The first-order valence-electron chi connectivity index (χ1n) is 10.6. The largest absolute Gasteiger partial charge is 0.480 e. The van der Waals surface area contributed by atoms with Gasteiger partial charge in [-0.15, -0.1) is 0 Å². The average Bonchev–Trinajstić information content (AvgIpc) is 2.74. The van der Waals surface area contributed by atoms with E-state index in [2.05, 4.69) is 10.3 Å². The smallest absolute Gasteiger partial charge is 0.328 e. The first-order chi connectivity index (χ1) is 14.3. The topological polar surface area (TPSA) is 121 Å². The molecule has 0 aliphatic heterocycles. The van der Waals surface area contributed by atoms with Crippen LogP contribution in [-0.4, -0.2) is 32.6 Å². The molecule has 3 N–H and O–H groups in total. The van der Waals surface area contributed by atoms with Crippen LogP contribution in [0.2, 0.25) is 0 Å².